The molecule has 1 aliphatic heterocycles. The Balaban J connectivity index is 1.95. The van der Waals surface area contributed by atoms with Crippen molar-refractivity contribution in [3.05, 3.63) is 18.3 Å². The van der Waals surface area contributed by atoms with Gasteiger partial charge < -0.3 is 10.6 Å². The van der Waals surface area contributed by atoms with E-state index in [4.69, 9.17) is 0 Å². The van der Waals surface area contributed by atoms with Gasteiger partial charge in [0.2, 0.25) is 5.91 Å². The molecule has 2 N–H and O–H groups in total. The molecule has 0 radical (unpaired) electrons. The molecule has 1 atom stereocenters. The number of nitrogens with zero attached hydrogens (tertiary/aromatic N) is 1. The number of rotatable bonds is 3. The molecule has 0 saturated carbocycles. The van der Waals surface area contributed by atoms with Crippen LogP contribution in [0.1, 0.15) is 27.2 Å². The highest BCUT2D eigenvalue weighted by atomic mass is 32.2. The summed E-state index contributed by atoms with van der Waals surface area (Å²) in [4.78, 5) is 16.0. The molecule has 2 heterocycles. The number of hydrogen-bond donors (Lipinski definition) is 2. The van der Waals surface area contributed by atoms with Crippen molar-refractivity contribution >= 4 is 27.2 Å². The fraction of sp³-hybridized carbons (Fsp3) is 0.571. The normalized spacial score (nSPS) is 21.0. The van der Waals surface area contributed by atoms with E-state index >= 15 is 0 Å². The molecule has 116 valence electrons. The second-order valence-corrected chi connectivity index (χ2v) is 8.61. The number of pyridine rings is 1. The van der Waals surface area contributed by atoms with Crippen molar-refractivity contribution in [3.63, 3.8) is 0 Å². The quantitative estimate of drug-likeness (QED) is 0.886. The van der Waals surface area contributed by atoms with Gasteiger partial charge in [-0.3, -0.25) is 4.79 Å². The largest absolute Gasteiger partial charge is 0.380 e. The van der Waals surface area contributed by atoms with E-state index in [2.05, 4.69) is 15.6 Å². The predicted molar refractivity (Wildman–Crippen MR) is 83.0 cm³/mol. The third-order valence-electron chi connectivity index (χ3n) is 3.29. The number of nitrogens with one attached hydrogen (secondary N) is 2. The van der Waals surface area contributed by atoms with Gasteiger partial charge >= 0.3 is 0 Å². The lowest BCUT2D eigenvalue weighted by atomic mass is 9.96. The van der Waals surface area contributed by atoms with Crippen LogP contribution in [-0.2, 0) is 14.6 Å². The van der Waals surface area contributed by atoms with Gasteiger partial charge in [-0.05, 0) is 18.6 Å². The summed E-state index contributed by atoms with van der Waals surface area (Å²) in [5, 5.41) is 5.89. The summed E-state index contributed by atoms with van der Waals surface area (Å²) in [6, 6.07) is 3.43. The first-order valence-electron chi connectivity index (χ1n) is 6.90. The SMILES string of the molecule is CC(C)(C)C(=O)Nc1ccc(NC2CCS(=O)(=O)C2)cn1. The van der Waals surface area contributed by atoms with Gasteiger partial charge in [0, 0.05) is 11.5 Å². The summed E-state index contributed by atoms with van der Waals surface area (Å²) in [6.07, 6.45) is 2.22. The zero-order valence-corrected chi connectivity index (χ0v) is 13.3. The van der Waals surface area contributed by atoms with Crippen molar-refractivity contribution in [1.29, 1.82) is 0 Å². The number of carbonyl (C=O) groups excluding carboxylic acids is 1. The van der Waals surface area contributed by atoms with Gasteiger partial charge in [-0.1, -0.05) is 20.8 Å². The summed E-state index contributed by atoms with van der Waals surface area (Å²) in [6.45, 7) is 5.50. The molecule has 0 aliphatic carbocycles. The summed E-state index contributed by atoms with van der Waals surface area (Å²) in [5.74, 6) is 0.782. The maximum atomic E-state index is 11.8. The van der Waals surface area contributed by atoms with Crippen molar-refractivity contribution in [2.24, 2.45) is 5.41 Å². The van der Waals surface area contributed by atoms with Gasteiger partial charge in [0.25, 0.3) is 0 Å². The lowest BCUT2D eigenvalue weighted by molar-refractivity contribution is -0.123. The lowest BCUT2D eigenvalue weighted by Crippen LogP contribution is -2.28. The average molecular weight is 311 g/mol. The Hall–Kier alpha value is -1.63. The molecule has 2 rings (SSSR count). The Morgan fingerprint density at radius 2 is 2.05 bits per heavy atom. The molecule has 7 heteroatoms. The van der Waals surface area contributed by atoms with Crippen LogP contribution >= 0.6 is 0 Å². The average Bonchev–Trinajstić information content (AvgIpc) is 2.70. The first kappa shape index (κ1) is 15.8. The highest BCUT2D eigenvalue weighted by Crippen LogP contribution is 2.19. The fourth-order valence-corrected chi connectivity index (χ4v) is 3.67. The zero-order chi connectivity index (χ0) is 15.7. The van der Waals surface area contributed by atoms with Crippen LogP contribution in [0.2, 0.25) is 0 Å². The monoisotopic (exact) mass is 311 g/mol. The summed E-state index contributed by atoms with van der Waals surface area (Å²) < 4.78 is 22.8. The van der Waals surface area contributed by atoms with E-state index in [1.54, 1.807) is 18.3 Å². The minimum absolute atomic E-state index is 0.0631. The third kappa shape index (κ3) is 4.42. The first-order valence-corrected chi connectivity index (χ1v) is 8.72. The summed E-state index contributed by atoms with van der Waals surface area (Å²) in [7, 11) is -2.90. The minimum atomic E-state index is -2.90. The molecule has 1 aromatic rings. The molecular formula is C14H21N3O3S. The Bertz CT molecular complexity index is 618. The standard InChI is InChI=1S/C14H21N3O3S/c1-14(2,3)13(18)17-12-5-4-10(8-15-12)16-11-6-7-21(19,20)9-11/h4-5,8,11,16H,6-7,9H2,1-3H3,(H,15,17,18). The van der Waals surface area contributed by atoms with Gasteiger partial charge in [-0.15, -0.1) is 0 Å². The molecule has 21 heavy (non-hydrogen) atoms. The van der Waals surface area contributed by atoms with Crippen molar-refractivity contribution in [3.8, 4) is 0 Å². The van der Waals surface area contributed by atoms with Crippen molar-refractivity contribution in [2.75, 3.05) is 22.1 Å². The van der Waals surface area contributed by atoms with Crippen LogP contribution in [0.15, 0.2) is 18.3 Å². The molecule has 1 saturated heterocycles. The Kier molecular flexibility index (Phi) is 4.22. The third-order valence-corrected chi connectivity index (χ3v) is 5.06. The predicted octanol–water partition coefficient (Wildman–Crippen LogP) is 1.67. The molecule has 6 nitrogen and oxygen atoms in total. The topological polar surface area (TPSA) is 88.2 Å². The van der Waals surface area contributed by atoms with Gasteiger partial charge in [0.05, 0.1) is 23.4 Å². The number of anilines is 2. The van der Waals surface area contributed by atoms with E-state index in [0.717, 1.165) is 5.69 Å². The van der Waals surface area contributed by atoms with Crippen LogP contribution in [0.25, 0.3) is 0 Å². The molecular weight excluding hydrogens is 290 g/mol. The second-order valence-electron chi connectivity index (χ2n) is 6.38. The molecule has 1 fully saturated rings. The minimum Gasteiger partial charge on any atom is -0.380 e. The lowest BCUT2D eigenvalue weighted by Gasteiger charge is -2.17. The van der Waals surface area contributed by atoms with Gasteiger partial charge in [-0.25, -0.2) is 13.4 Å². The molecule has 1 unspecified atom stereocenters. The van der Waals surface area contributed by atoms with Crippen LogP contribution in [0.4, 0.5) is 11.5 Å². The summed E-state index contributed by atoms with van der Waals surface area (Å²) >= 11 is 0. The van der Waals surface area contributed by atoms with Gasteiger partial charge in [-0.2, -0.15) is 0 Å². The van der Waals surface area contributed by atoms with Crippen molar-refractivity contribution in [1.82, 2.24) is 4.98 Å². The van der Waals surface area contributed by atoms with E-state index in [9.17, 15) is 13.2 Å². The van der Waals surface area contributed by atoms with Crippen LogP contribution in [0.3, 0.4) is 0 Å². The van der Waals surface area contributed by atoms with E-state index in [1.165, 1.54) is 0 Å². The highest BCUT2D eigenvalue weighted by Gasteiger charge is 2.27. The van der Waals surface area contributed by atoms with Gasteiger partial charge in [0.1, 0.15) is 5.82 Å². The van der Waals surface area contributed by atoms with E-state index in [-0.39, 0.29) is 23.5 Å². The maximum Gasteiger partial charge on any atom is 0.230 e. The molecule has 1 aliphatic rings. The van der Waals surface area contributed by atoms with Crippen LogP contribution < -0.4 is 10.6 Å². The van der Waals surface area contributed by atoms with E-state index in [1.807, 2.05) is 20.8 Å². The number of sulfone groups is 1. The highest BCUT2D eigenvalue weighted by molar-refractivity contribution is 7.91. The van der Waals surface area contributed by atoms with E-state index in [0.29, 0.717) is 12.2 Å². The van der Waals surface area contributed by atoms with E-state index < -0.39 is 15.3 Å². The first-order chi connectivity index (χ1) is 9.66. The number of hydrogen-bond acceptors (Lipinski definition) is 5. The van der Waals surface area contributed by atoms with Crippen molar-refractivity contribution < 1.29 is 13.2 Å². The summed E-state index contributed by atoms with van der Waals surface area (Å²) in [5.41, 5.74) is 0.280. The Morgan fingerprint density at radius 3 is 2.52 bits per heavy atom. The molecule has 1 amide bonds. The molecule has 0 aromatic carbocycles. The Labute approximate surface area is 125 Å². The number of aromatic nitrogens is 1. The fourth-order valence-electron chi connectivity index (χ4n) is 2.00. The van der Waals surface area contributed by atoms with Crippen molar-refractivity contribution in [2.45, 2.75) is 33.2 Å². The molecule has 0 spiro atoms. The maximum absolute atomic E-state index is 11.8. The molecule has 1 aromatic heterocycles. The van der Waals surface area contributed by atoms with Crippen LogP contribution in [0, 0.1) is 5.41 Å². The Morgan fingerprint density at radius 1 is 1.33 bits per heavy atom. The number of carbonyl (C=O) groups is 1. The molecule has 0 bridgehead atoms. The zero-order valence-electron chi connectivity index (χ0n) is 12.5. The van der Waals surface area contributed by atoms with Crippen LogP contribution in [-0.4, -0.2) is 36.9 Å². The van der Waals surface area contributed by atoms with Gasteiger partial charge in [0.15, 0.2) is 9.84 Å². The number of amides is 1. The van der Waals surface area contributed by atoms with Crippen LogP contribution in [0.5, 0.6) is 0 Å². The second kappa shape index (κ2) is 5.63. The smallest absolute Gasteiger partial charge is 0.230 e.